The second kappa shape index (κ2) is 7.68. The molecule has 126 valence electrons. The standard InChI is InChI=1S/C18H26N2O3/c19-16-8-7-14(18(21)23-15-5-1-2-6-15)13-17(16)22-12-11-20-9-3-4-10-20/h7-8,13,15H,1-6,9-12,19H2. The molecule has 2 aliphatic rings. The topological polar surface area (TPSA) is 64.8 Å². The zero-order chi connectivity index (χ0) is 16.1. The van der Waals surface area contributed by atoms with Crippen molar-refractivity contribution in [1.82, 2.24) is 4.90 Å². The van der Waals surface area contributed by atoms with Crippen LogP contribution in [0.2, 0.25) is 0 Å². The van der Waals surface area contributed by atoms with Gasteiger partial charge >= 0.3 is 5.97 Å². The highest BCUT2D eigenvalue weighted by atomic mass is 16.5. The molecule has 5 heteroatoms. The average molecular weight is 318 g/mol. The zero-order valence-corrected chi connectivity index (χ0v) is 13.6. The summed E-state index contributed by atoms with van der Waals surface area (Å²) in [4.78, 5) is 14.6. The van der Waals surface area contributed by atoms with E-state index in [1.807, 2.05) is 0 Å². The van der Waals surface area contributed by atoms with E-state index in [1.54, 1.807) is 18.2 Å². The molecule has 3 rings (SSSR count). The van der Waals surface area contributed by atoms with Crippen molar-refractivity contribution in [3.63, 3.8) is 0 Å². The lowest BCUT2D eigenvalue weighted by Crippen LogP contribution is -2.25. The number of likely N-dealkylation sites (tertiary alicyclic amines) is 1. The molecule has 5 nitrogen and oxygen atoms in total. The number of rotatable bonds is 6. The summed E-state index contributed by atoms with van der Waals surface area (Å²) < 4.78 is 11.3. The summed E-state index contributed by atoms with van der Waals surface area (Å²) in [6.07, 6.45) is 6.84. The number of nitrogens with zero attached hydrogens (tertiary/aromatic N) is 1. The van der Waals surface area contributed by atoms with Crippen molar-refractivity contribution in [2.75, 3.05) is 32.0 Å². The van der Waals surface area contributed by atoms with Crippen molar-refractivity contribution in [3.05, 3.63) is 23.8 Å². The SMILES string of the molecule is Nc1ccc(C(=O)OC2CCCC2)cc1OCCN1CCCC1. The largest absolute Gasteiger partial charge is 0.490 e. The van der Waals surface area contributed by atoms with E-state index in [2.05, 4.69) is 4.90 Å². The first kappa shape index (κ1) is 16.1. The zero-order valence-electron chi connectivity index (χ0n) is 13.6. The molecule has 1 saturated heterocycles. The number of hydrogen-bond acceptors (Lipinski definition) is 5. The summed E-state index contributed by atoms with van der Waals surface area (Å²) in [6.45, 7) is 3.78. The van der Waals surface area contributed by atoms with Crippen molar-refractivity contribution in [2.24, 2.45) is 0 Å². The Hall–Kier alpha value is -1.75. The molecule has 0 bridgehead atoms. The molecule has 0 aromatic heterocycles. The van der Waals surface area contributed by atoms with Crippen LogP contribution in [0.3, 0.4) is 0 Å². The van der Waals surface area contributed by atoms with Crippen LogP contribution in [0, 0.1) is 0 Å². The Morgan fingerprint density at radius 3 is 2.65 bits per heavy atom. The van der Waals surface area contributed by atoms with Gasteiger partial charge in [0.1, 0.15) is 18.5 Å². The van der Waals surface area contributed by atoms with E-state index in [-0.39, 0.29) is 12.1 Å². The molecule has 1 heterocycles. The van der Waals surface area contributed by atoms with Crippen LogP contribution < -0.4 is 10.5 Å². The van der Waals surface area contributed by atoms with E-state index in [0.29, 0.717) is 23.6 Å². The number of esters is 1. The van der Waals surface area contributed by atoms with Crippen LogP contribution in [0.1, 0.15) is 48.9 Å². The number of hydrogen-bond donors (Lipinski definition) is 1. The normalized spacial score (nSPS) is 19.1. The number of carbonyl (C=O) groups excluding carboxylic acids is 1. The fourth-order valence-corrected chi connectivity index (χ4v) is 3.30. The number of anilines is 1. The molecule has 0 amide bonds. The van der Waals surface area contributed by atoms with Crippen molar-refractivity contribution < 1.29 is 14.3 Å². The van der Waals surface area contributed by atoms with Gasteiger partial charge in [-0.1, -0.05) is 0 Å². The molecule has 1 aliphatic heterocycles. The fourth-order valence-electron chi connectivity index (χ4n) is 3.30. The van der Waals surface area contributed by atoms with Crippen LogP contribution in [0.5, 0.6) is 5.75 Å². The van der Waals surface area contributed by atoms with Gasteiger partial charge in [-0.05, 0) is 69.8 Å². The Bertz CT molecular complexity index is 535. The van der Waals surface area contributed by atoms with Crippen molar-refractivity contribution in [3.8, 4) is 5.75 Å². The monoisotopic (exact) mass is 318 g/mol. The van der Waals surface area contributed by atoms with Gasteiger partial charge in [0, 0.05) is 6.54 Å². The Morgan fingerprint density at radius 2 is 1.91 bits per heavy atom. The summed E-state index contributed by atoms with van der Waals surface area (Å²) in [5, 5.41) is 0. The smallest absolute Gasteiger partial charge is 0.338 e. The number of nitrogen functional groups attached to an aromatic ring is 1. The molecule has 0 atom stereocenters. The Morgan fingerprint density at radius 1 is 1.17 bits per heavy atom. The van der Waals surface area contributed by atoms with E-state index < -0.39 is 0 Å². The third kappa shape index (κ3) is 4.38. The first-order chi connectivity index (χ1) is 11.2. The Balaban J connectivity index is 1.55. The Kier molecular flexibility index (Phi) is 5.39. The molecule has 2 fully saturated rings. The van der Waals surface area contributed by atoms with Gasteiger partial charge in [-0.2, -0.15) is 0 Å². The average Bonchev–Trinajstić information content (AvgIpc) is 3.22. The molecular formula is C18H26N2O3. The molecule has 1 aromatic carbocycles. The summed E-state index contributed by atoms with van der Waals surface area (Å²) in [5.74, 6) is 0.298. The van der Waals surface area contributed by atoms with E-state index in [9.17, 15) is 4.79 Å². The van der Waals surface area contributed by atoms with E-state index in [4.69, 9.17) is 15.2 Å². The second-order valence-electron chi connectivity index (χ2n) is 6.46. The minimum absolute atomic E-state index is 0.0691. The molecule has 0 radical (unpaired) electrons. The van der Waals surface area contributed by atoms with Gasteiger partial charge in [-0.15, -0.1) is 0 Å². The van der Waals surface area contributed by atoms with E-state index in [1.165, 1.54) is 12.8 Å². The van der Waals surface area contributed by atoms with Crippen molar-refractivity contribution in [2.45, 2.75) is 44.6 Å². The molecular weight excluding hydrogens is 292 g/mol. The Labute approximate surface area is 137 Å². The first-order valence-electron chi connectivity index (χ1n) is 8.68. The highest BCUT2D eigenvalue weighted by Crippen LogP contribution is 2.26. The second-order valence-corrected chi connectivity index (χ2v) is 6.46. The van der Waals surface area contributed by atoms with Gasteiger partial charge in [0.05, 0.1) is 11.3 Å². The summed E-state index contributed by atoms with van der Waals surface area (Å²) >= 11 is 0. The van der Waals surface area contributed by atoms with Gasteiger partial charge in [0.15, 0.2) is 0 Å². The minimum Gasteiger partial charge on any atom is -0.490 e. The lowest BCUT2D eigenvalue weighted by Gasteiger charge is -2.16. The van der Waals surface area contributed by atoms with E-state index in [0.717, 1.165) is 45.3 Å². The van der Waals surface area contributed by atoms with Gasteiger partial charge in [-0.25, -0.2) is 4.79 Å². The predicted octanol–water partition coefficient (Wildman–Crippen LogP) is 2.84. The molecule has 1 aromatic rings. The fraction of sp³-hybridized carbons (Fsp3) is 0.611. The lowest BCUT2D eigenvalue weighted by atomic mass is 10.2. The third-order valence-corrected chi connectivity index (χ3v) is 4.69. The number of ether oxygens (including phenoxy) is 2. The summed E-state index contributed by atoms with van der Waals surface area (Å²) in [6, 6.07) is 5.13. The van der Waals surface area contributed by atoms with Gasteiger partial charge in [0.2, 0.25) is 0 Å². The van der Waals surface area contributed by atoms with E-state index >= 15 is 0 Å². The minimum atomic E-state index is -0.277. The number of carbonyl (C=O) groups is 1. The van der Waals surface area contributed by atoms with Crippen molar-refractivity contribution in [1.29, 1.82) is 0 Å². The third-order valence-electron chi connectivity index (χ3n) is 4.69. The summed E-state index contributed by atoms with van der Waals surface area (Å²) in [5.41, 5.74) is 7.03. The van der Waals surface area contributed by atoms with Crippen molar-refractivity contribution >= 4 is 11.7 Å². The van der Waals surface area contributed by atoms with Crippen LogP contribution in [-0.4, -0.2) is 43.2 Å². The van der Waals surface area contributed by atoms with Gasteiger partial charge < -0.3 is 15.2 Å². The van der Waals surface area contributed by atoms with Gasteiger partial charge in [-0.3, -0.25) is 4.90 Å². The maximum absolute atomic E-state index is 12.2. The summed E-state index contributed by atoms with van der Waals surface area (Å²) in [7, 11) is 0. The molecule has 23 heavy (non-hydrogen) atoms. The lowest BCUT2D eigenvalue weighted by molar-refractivity contribution is 0.0317. The van der Waals surface area contributed by atoms with Gasteiger partial charge in [0.25, 0.3) is 0 Å². The highest BCUT2D eigenvalue weighted by molar-refractivity contribution is 5.90. The van der Waals surface area contributed by atoms with Crippen LogP contribution in [0.25, 0.3) is 0 Å². The molecule has 1 aliphatic carbocycles. The first-order valence-corrected chi connectivity index (χ1v) is 8.68. The molecule has 0 unspecified atom stereocenters. The van der Waals surface area contributed by atoms with Crippen LogP contribution in [0.4, 0.5) is 5.69 Å². The van der Waals surface area contributed by atoms with Crippen LogP contribution >= 0.6 is 0 Å². The number of nitrogens with two attached hydrogens (primary N) is 1. The highest BCUT2D eigenvalue weighted by Gasteiger charge is 2.21. The van der Waals surface area contributed by atoms with Crippen LogP contribution in [-0.2, 0) is 4.74 Å². The quantitative estimate of drug-likeness (QED) is 0.645. The predicted molar refractivity (Wildman–Crippen MR) is 89.7 cm³/mol. The van der Waals surface area contributed by atoms with Crippen LogP contribution in [0.15, 0.2) is 18.2 Å². The molecule has 2 N–H and O–H groups in total. The number of benzene rings is 1. The molecule has 1 saturated carbocycles. The maximum Gasteiger partial charge on any atom is 0.338 e. The molecule has 0 spiro atoms. The maximum atomic E-state index is 12.2.